The van der Waals surface area contributed by atoms with E-state index in [1.807, 2.05) is 0 Å². The normalized spacial score (nSPS) is 10.8. The Balaban J connectivity index is 2.73. The van der Waals surface area contributed by atoms with Gasteiger partial charge in [0.1, 0.15) is 5.60 Å². The summed E-state index contributed by atoms with van der Waals surface area (Å²) in [5, 5.41) is 2.66. The molecule has 1 N–H and O–H groups in total. The second-order valence-corrected chi connectivity index (χ2v) is 6.01. The summed E-state index contributed by atoms with van der Waals surface area (Å²) in [4.78, 5) is 23.9. The van der Waals surface area contributed by atoms with Crippen molar-refractivity contribution in [3.05, 3.63) is 17.7 Å². The molecule has 1 aromatic rings. The number of esters is 1. The lowest BCUT2D eigenvalue weighted by molar-refractivity contribution is -0.154. The number of carbonyl (C=O) groups excluding carboxylic acids is 2. The summed E-state index contributed by atoms with van der Waals surface area (Å²) < 4.78 is 20.8. The molecule has 0 spiro atoms. The largest absolute Gasteiger partial charge is 0.493 e. The SMILES string of the molecule is COc1cc(C(=O)NCCC(=O)OC(C)(C)C)cc(OC)c1OC. The van der Waals surface area contributed by atoms with Crippen LogP contribution >= 0.6 is 0 Å². The number of nitrogens with one attached hydrogen (secondary N) is 1. The van der Waals surface area contributed by atoms with E-state index in [2.05, 4.69) is 5.32 Å². The average Bonchev–Trinajstić information content (AvgIpc) is 2.51. The Kier molecular flexibility index (Phi) is 6.88. The molecule has 134 valence electrons. The first-order valence-corrected chi connectivity index (χ1v) is 7.52. The molecule has 7 nitrogen and oxygen atoms in total. The highest BCUT2D eigenvalue weighted by Gasteiger charge is 2.18. The van der Waals surface area contributed by atoms with Crippen molar-refractivity contribution in [1.82, 2.24) is 5.32 Å². The zero-order valence-electron chi connectivity index (χ0n) is 15.0. The molecule has 1 amide bonds. The summed E-state index contributed by atoms with van der Waals surface area (Å²) in [5.74, 6) is 0.457. The topological polar surface area (TPSA) is 83.1 Å². The van der Waals surface area contributed by atoms with Crippen LogP contribution in [-0.4, -0.2) is 45.4 Å². The molecule has 0 aliphatic carbocycles. The monoisotopic (exact) mass is 339 g/mol. The van der Waals surface area contributed by atoms with Crippen LogP contribution in [-0.2, 0) is 9.53 Å². The van der Waals surface area contributed by atoms with Crippen LogP contribution in [0.15, 0.2) is 12.1 Å². The van der Waals surface area contributed by atoms with Gasteiger partial charge in [0.25, 0.3) is 5.91 Å². The van der Waals surface area contributed by atoms with Crippen molar-refractivity contribution in [2.75, 3.05) is 27.9 Å². The zero-order valence-corrected chi connectivity index (χ0v) is 15.0. The number of methoxy groups -OCH3 is 3. The summed E-state index contributed by atoms with van der Waals surface area (Å²) >= 11 is 0. The van der Waals surface area contributed by atoms with Gasteiger partial charge in [-0.2, -0.15) is 0 Å². The predicted octanol–water partition coefficient (Wildman–Crippen LogP) is 2.17. The van der Waals surface area contributed by atoms with Crippen LogP contribution in [0.1, 0.15) is 37.6 Å². The van der Waals surface area contributed by atoms with Crippen LogP contribution in [0.2, 0.25) is 0 Å². The molecule has 24 heavy (non-hydrogen) atoms. The number of benzene rings is 1. The van der Waals surface area contributed by atoms with Gasteiger partial charge in [-0.3, -0.25) is 9.59 Å². The van der Waals surface area contributed by atoms with Crippen LogP contribution in [0, 0.1) is 0 Å². The summed E-state index contributed by atoms with van der Waals surface area (Å²) in [5.41, 5.74) is -0.202. The van der Waals surface area contributed by atoms with Crippen molar-refractivity contribution in [3.63, 3.8) is 0 Å². The lowest BCUT2D eigenvalue weighted by Crippen LogP contribution is -2.29. The van der Waals surface area contributed by atoms with Gasteiger partial charge < -0.3 is 24.3 Å². The molecular weight excluding hydrogens is 314 g/mol. The minimum Gasteiger partial charge on any atom is -0.493 e. The smallest absolute Gasteiger partial charge is 0.308 e. The van der Waals surface area contributed by atoms with Gasteiger partial charge in [0.2, 0.25) is 5.75 Å². The van der Waals surface area contributed by atoms with Crippen molar-refractivity contribution in [3.8, 4) is 17.2 Å². The van der Waals surface area contributed by atoms with E-state index >= 15 is 0 Å². The molecule has 1 rings (SSSR count). The Bertz CT molecular complexity index is 566. The first kappa shape index (κ1) is 19.6. The van der Waals surface area contributed by atoms with Gasteiger partial charge >= 0.3 is 5.97 Å². The van der Waals surface area contributed by atoms with Crippen LogP contribution in [0.4, 0.5) is 0 Å². The van der Waals surface area contributed by atoms with Gasteiger partial charge in [-0.25, -0.2) is 0 Å². The average molecular weight is 339 g/mol. The molecule has 0 bridgehead atoms. The van der Waals surface area contributed by atoms with Gasteiger partial charge in [-0.1, -0.05) is 0 Å². The summed E-state index contributed by atoms with van der Waals surface area (Å²) in [7, 11) is 4.43. The Morgan fingerprint density at radius 2 is 1.54 bits per heavy atom. The number of rotatable bonds is 7. The first-order valence-electron chi connectivity index (χ1n) is 7.52. The minimum atomic E-state index is -0.544. The molecule has 0 saturated heterocycles. The number of hydrogen-bond donors (Lipinski definition) is 1. The van der Waals surface area contributed by atoms with Crippen molar-refractivity contribution < 1.29 is 28.5 Å². The molecule has 0 fully saturated rings. The Morgan fingerprint density at radius 3 is 1.96 bits per heavy atom. The maximum Gasteiger partial charge on any atom is 0.308 e. The second-order valence-electron chi connectivity index (χ2n) is 6.01. The van der Waals surface area contributed by atoms with Crippen LogP contribution in [0.5, 0.6) is 17.2 Å². The van der Waals surface area contributed by atoms with Gasteiger partial charge in [0, 0.05) is 12.1 Å². The molecular formula is C17H25NO6. The lowest BCUT2D eigenvalue weighted by Gasteiger charge is -2.19. The zero-order chi connectivity index (χ0) is 18.3. The van der Waals surface area contributed by atoms with Gasteiger partial charge in [0.15, 0.2) is 11.5 Å². The number of amides is 1. The maximum absolute atomic E-state index is 12.2. The summed E-state index contributed by atoms with van der Waals surface area (Å²) in [6, 6.07) is 3.09. The fraction of sp³-hybridized carbons (Fsp3) is 0.529. The quantitative estimate of drug-likeness (QED) is 0.767. The van der Waals surface area contributed by atoms with Crippen LogP contribution in [0.3, 0.4) is 0 Å². The Morgan fingerprint density at radius 1 is 1.00 bits per heavy atom. The summed E-state index contributed by atoms with van der Waals surface area (Å²) in [6.07, 6.45) is 0.0907. The molecule has 0 aromatic heterocycles. The fourth-order valence-electron chi connectivity index (χ4n) is 1.98. The summed E-state index contributed by atoms with van der Waals surface area (Å²) in [6.45, 7) is 5.54. The second kappa shape index (κ2) is 8.42. The van der Waals surface area contributed by atoms with E-state index in [9.17, 15) is 9.59 Å². The molecule has 0 unspecified atom stereocenters. The van der Waals surface area contributed by atoms with E-state index in [0.29, 0.717) is 22.8 Å². The fourth-order valence-corrected chi connectivity index (χ4v) is 1.98. The molecule has 0 atom stereocenters. The van der Waals surface area contributed by atoms with E-state index < -0.39 is 5.60 Å². The highest BCUT2D eigenvalue weighted by Crippen LogP contribution is 2.38. The predicted molar refractivity (Wildman–Crippen MR) is 88.9 cm³/mol. The van der Waals surface area contributed by atoms with E-state index in [-0.39, 0.29) is 24.8 Å². The van der Waals surface area contributed by atoms with Crippen LogP contribution < -0.4 is 19.5 Å². The third-order valence-electron chi connectivity index (χ3n) is 2.96. The third-order valence-corrected chi connectivity index (χ3v) is 2.96. The van der Waals surface area contributed by atoms with E-state index in [1.165, 1.54) is 21.3 Å². The highest BCUT2D eigenvalue weighted by molar-refractivity contribution is 5.95. The van der Waals surface area contributed by atoms with Crippen LogP contribution in [0.25, 0.3) is 0 Å². The molecule has 7 heteroatoms. The van der Waals surface area contributed by atoms with E-state index in [0.717, 1.165) is 0 Å². The van der Waals surface area contributed by atoms with Crippen molar-refractivity contribution >= 4 is 11.9 Å². The van der Waals surface area contributed by atoms with E-state index in [4.69, 9.17) is 18.9 Å². The van der Waals surface area contributed by atoms with Gasteiger partial charge in [-0.15, -0.1) is 0 Å². The van der Waals surface area contributed by atoms with Gasteiger partial charge in [0.05, 0.1) is 27.8 Å². The van der Waals surface area contributed by atoms with Gasteiger partial charge in [-0.05, 0) is 32.9 Å². The van der Waals surface area contributed by atoms with Crippen molar-refractivity contribution in [2.45, 2.75) is 32.8 Å². The molecule has 0 aliphatic rings. The number of hydrogen-bond acceptors (Lipinski definition) is 6. The standard InChI is InChI=1S/C17H25NO6/c1-17(2,3)24-14(19)7-8-18-16(20)11-9-12(21-4)15(23-6)13(10-11)22-5/h9-10H,7-8H2,1-6H3,(H,18,20). The molecule has 1 aromatic carbocycles. The maximum atomic E-state index is 12.2. The molecule has 0 radical (unpaired) electrons. The lowest BCUT2D eigenvalue weighted by atomic mass is 10.1. The minimum absolute atomic E-state index is 0.0907. The first-order chi connectivity index (χ1) is 11.2. The number of carbonyl (C=O) groups is 2. The van der Waals surface area contributed by atoms with Crippen molar-refractivity contribution in [2.24, 2.45) is 0 Å². The Labute approximate surface area is 142 Å². The third kappa shape index (κ3) is 5.64. The van der Waals surface area contributed by atoms with E-state index in [1.54, 1.807) is 32.9 Å². The number of ether oxygens (including phenoxy) is 4. The molecule has 0 aliphatic heterocycles. The molecule has 0 saturated carbocycles. The van der Waals surface area contributed by atoms with Crippen molar-refractivity contribution in [1.29, 1.82) is 0 Å². The Hall–Kier alpha value is -2.44. The molecule has 0 heterocycles. The highest BCUT2D eigenvalue weighted by atomic mass is 16.6.